The highest BCUT2D eigenvalue weighted by molar-refractivity contribution is 9.10. The van der Waals surface area contributed by atoms with Gasteiger partial charge in [-0.3, -0.25) is 0 Å². The van der Waals surface area contributed by atoms with Crippen LogP contribution in [0.5, 0.6) is 0 Å². The molecule has 0 aliphatic carbocycles. The fraction of sp³-hybridized carbons (Fsp3) is 0.222. The molecule has 0 fully saturated rings. The van der Waals surface area contributed by atoms with Crippen LogP contribution >= 0.6 is 27.3 Å². The molecule has 2 rings (SSSR count). The van der Waals surface area contributed by atoms with Crippen molar-refractivity contribution in [3.63, 3.8) is 0 Å². The Labute approximate surface area is 112 Å². The minimum Gasteiger partial charge on any atom is -0.335 e. The van der Waals surface area contributed by atoms with Crippen molar-refractivity contribution in [2.45, 2.75) is 11.6 Å². The topological polar surface area (TPSA) is 66.1 Å². The maximum Gasteiger partial charge on any atom is 0.260 e. The van der Waals surface area contributed by atoms with E-state index in [0.717, 1.165) is 9.35 Å². The van der Waals surface area contributed by atoms with Crippen molar-refractivity contribution in [3.05, 3.63) is 33.3 Å². The number of H-pyrrole nitrogens is 1. The van der Waals surface area contributed by atoms with E-state index in [1.54, 1.807) is 7.05 Å². The van der Waals surface area contributed by atoms with Crippen molar-refractivity contribution in [3.8, 4) is 0 Å². The summed E-state index contributed by atoms with van der Waals surface area (Å²) in [6, 6.07) is 1.91. The van der Waals surface area contributed by atoms with Gasteiger partial charge in [-0.2, -0.15) is 4.31 Å². The van der Waals surface area contributed by atoms with Crippen LogP contribution in [-0.2, 0) is 16.6 Å². The van der Waals surface area contributed by atoms with Gasteiger partial charge in [0.25, 0.3) is 10.0 Å². The van der Waals surface area contributed by atoms with E-state index >= 15 is 0 Å². The van der Waals surface area contributed by atoms with Crippen LogP contribution in [-0.4, -0.2) is 29.7 Å². The molecule has 17 heavy (non-hydrogen) atoms. The quantitative estimate of drug-likeness (QED) is 0.929. The lowest BCUT2D eigenvalue weighted by Gasteiger charge is -2.14. The first-order valence-corrected chi connectivity index (χ1v) is 7.79. The smallest absolute Gasteiger partial charge is 0.260 e. The van der Waals surface area contributed by atoms with Gasteiger partial charge >= 0.3 is 0 Å². The molecule has 2 aromatic rings. The Balaban J connectivity index is 2.18. The van der Waals surface area contributed by atoms with Crippen LogP contribution in [0.4, 0.5) is 0 Å². The number of imidazole rings is 1. The molecule has 0 bridgehead atoms. The van der Waals surface area contributed by atoms with E-state index in [-0.39, 0.29) is 5.03 Å². The number of rotatable bonds is 4. The van der Waals surface area contributed by atoms with E-state index in [0.29, 0.717) is 6.54 Å². The monoisotopic (exact) mass is 335 g/mol. The van der Waals surface area contributed by atoms with E-state index in [1.165, 1.54) is 28.2 Å². The molecule has 0 radical (unpaired) electrons. The molecule has 0 saturated heterocycles. The van der Waals surface area contributed by atoms with Crippen molar-refractivity contribution in [2.75, 3.05) is 7.05 Å². The van der Waals surface area contributed by atoms with Gasteiger partial charge in [-0.05, 0) is 22.0 Å². The van der Waals surface area contributed by atoms with Crippen LogP contribution in [0.15, 0.2) is 33.5 Å². The number of nitrogens with one attached hydrogen (secondary N) is 1. The number of hydrogen-bond donors (Lipinski definition) is 1. The Morgan fingerprint density at radius 3 is 2.88 bits per heavy atom. The first kappa shape index (κ1) is 12.7. The average molecular weight is 336 g/mol. The van der Waals surface area contributed by atoms with Crippen molar-refractivity contribution in [1.82, 2.24) is 14.3 Å². The highest BCUT2D eigenvalue weighted by Crippen LogP contribution is 2.22. The molecule has 0 aromatic carbocycles. The molecular formula is C9H10BrN3O2S2. The number of aromatic amines is 1. The highest BCUT2D eigenvalue weighted by atomic mass is 79.9. The number of hydrogen-bond acceptors (Lipinski definition) is 4. The summed E-state index contributed by atoms with van der Waals surface area (Å²) in [6.07, 6.45) is 2.65. The highest BCUT2D eigenvalue weighted by Gasteiger charge is 2.22. The Hall–Kier alpha value is -0.700. The fourth-order valence-electron chi connectivity index (χ4n) is 1.29. The third-order valence-electron chi connectivity index (χ3n) is 2.16. The molecule has 0 amide bonds. The van der Waals surface area contributed by atoms with E-state index < -0.39 is 10.0 Å². The summed E-state index contributed by atoms with van der Waals surface area (Å²) in [5, 5.41) is 2.03. The second-order valence-corrected chi connectivity index (χ2v) is 7.33. The Morgan fingerprint density at radius 2 is 2.35 bits per heavy atom. The zero-order valence-electron chi connectivity index (χ0n) is 8.92. The lowest BCUT2D eigenvalue weighted by molar-refractivity contribution is 0.467. The van der Waals surface area contributed by atoms with Crippen molar-refractivity contribution < 1.29 is 8.42 Å². The van der Waals surface area contributed by atoms with Crippen LogP contribution < -0.4 is 0 Å². The predicted octanol–water partition coefficient (Wildman–Crippen LogP) is 2.05. The van der Waals surface area contributed by atoms with E-state index in [1.807, 2.05) is 11.4 Å². The summed E-state index contributed by atoms with van der Waals surface area (Å²) in [4.78, 5) is 7.29. The van der Waals surface area contributed by atoms with Gasteiger partial charge in [-0.1, -0.05) is 0 Å². The van der Waals surface area contributed by atoms with E-state index in [2.05, 4.69) is 25.9 Å². The van der Waals surface area contributed by atoms with Crippen molar-refractivity contribution >= 4 is 37.3 Å². The van der Waals surface area contributed by atoms with Gasteiger partial charge in [-0.25, -0.2) is 13.4 Å². The van der Waals surface area contributed by atoms with Crippen LogP contribution in [0, 0.1) is 0 Å². The summed E-state index contributed by atoms with van der Waals surface area (Å²) in [5.41, 5.74) is 0. The summed E-state index contributed by atoms with van der Waals surface area (Å²) < 4.78 is 26.4. The first-order valence-electron chi connectivity index (χ1n) is 4.68. The Morgan fingerprint density at radius 1 is 1.59 bits per heavy atom. The summed E-state index contributed by atoms with van der Waals surface area (Å²) in [7, 11) is -1.93. The number of aromatic nitrogens is 2. The Bertz CT molecular complexity index is 592. The van der Waals surface area contributed by atoms with E-state index in [4.69, 9.17) is 0 Å². The number of nitrogens with zero attached hydrogens (tertiary/aromatic N) is 2. The lowest BCUT2D eigenvalue weighted by Crippen LogP contribution is -2.26. The summed E-state index contributed by atoms with van der Waals surface area (Å²) >= 11 is 4.85. The minimum atomic E-state index is -3.48. The largest absolute Gasteiger partial charge is 0.335 e. The van der Waals surface area contributed by atoms with Gasteiger partial charge in [0, 0.05) is 28.3 Å². The van der Waals surface area contributed by atoms with Crippen molar-refractivity contribution in [2.24, 2.45) is 0 Å². The molecule has 0 spiro atoms. The molecule has 0 unspecified atom stereocenters. The molecule has 0 atom stereocenters. The zero-order valence-corrected chi connectivity index (χ0v) is 12.1. The number of halogens is 1. The third kappa shape index (κ3) is 2.76. The molecule has 2 heterocycles. The van der Waals surface area contributed by atoms with Gasteiger partial charge < -0.3 is 4.98 Å². The lowest BCUT2D eigenvalue weighted by atomic mass is 10.5. The van der Waals surface area contributed by atoms with Gasteiger partial charge in [0.15, 0.2) is 5.03 Å². The minimum absolute atomic E-state index is 0.107. The first-order chi connectivity index (χ1) is 8.00. The second kappa shape index (κ2) is 4.89. The SMILES string of the molecule is CN(Cc1cc(Br)cs1)S(=O)(=O)c1cnc[nH]1. The zero-order chi connectivity index (χ0) is 12.5. The van der Waals surface area contributed by atoms with Crippen LogP contribution in [0.25, 0.3) is 0 Å². The summed E-state index contributed by atoms with van der Waals surface area (Å²) in [5.74, 6) is 0. The summed E-state index contributed by atoms with van der Waals surface area (Å²) in [6.45, 7) is 0.345. The standard InChI is InChI=1S/C9H10BrN3O2S2/c1-13(4-8-2-7(10)5-16-8)17(14,15)9-3-11-6-12-9/h2-3,5-6H,4H2,1H3,(H,11,12). The second-order valence-electron chi connectivity index (χ2n) is 3.41. The molecule has 1 N–H and O–H groups in total. The Kier molecular flexibility index (Phi) is 3.67. The third-order valence-corrected chi connectivity index (χ3v) is 5.57. The van der Waals surface area contributed by atoms with Gasteiger partial charge in [0.05, 0.1) is 12.5 Å². The van der Waals surface area contributed by atoms with Crippen LogP contribution in [0.3, 0.4) is 0 Å². The maximum atomic E-state index is 12.1. The molecule has 0 saturated carbocycles. The average Bonchev–Trinajstić information content (AvgIpc) is 2.89. The number of thiophene rings is 1. The molecule has 0 aliphatic heterocycles. The fourth-order valence-corrected chi connectivity index (χ4v) is 3.92. The van der Waals surface area contributed by atoms with Crippen LogP contribution in [0.1, 0.15) is 4.88 Å². The predicted molar refractivity (Wildman–Crippen MR) is 69.3 cm³/mol. The molecular weight excluding hydrogens is 326 g/mol. The molecule has 92 valence electrons. The molecule has 0 aliphatic rings. The normalized spacial score (nSPS) is 12.2. The van der Waals surface area contributed by atoms with Crippen molar-refractivity contribution in [1.29, 1.82) is 0 Å². The molecule has 5 nitrogen and oxygen atoms in total. The van der Waals surface area contributed by atoms with E-state index in [9.17, 15) is 8.42 Å². The number of sulfonamides is 1. The maximum absolute atomic E-state index is 12.1. The molecule has 8 heteroatoms. The van der Waals surface area contributed by atoms with Gasteiger partial charge in [-0.15, -0.1) is 11.3 Å². The van der Waals surface area contributed by atoms with Gasteiger partial charge in [0.1, 0.15) is 0 Å². The molecule has 2 aromatic heterocycles. The van der Waals surface area contributed by atoms with Gasteiger partial charge in [0.2, 0.25) is 0 Å². The van der Waals surface area contributed by atoms with Crippen LogP contribution in [0.2, 0.25) is 0 Å².